The van der Waals surface area contributed by atoms with Crippen LogP contribution >= 0.6 is 12.2 Å². The summed E-state index contributed by atoms with van der Waals surface area (Å²) in [6, 6.07) is 24.0. The predicted molar refractivity (Wildman–Crippen MR) is 155 cm³/mol. The van der Waals surface area contributed by atoms with E-state index in [9.17, 15) is 4.79 Å². The number of amides is 1. The van der Waals surface area contributed by atoms with Crippen LogP contribution in [0.1, 0.15) is 48.1 Å². The van der Waals surface area contributed by atoms with E-state index in [4.69, 9.17) is 17.0 Å². The van der Waals surface area contributed by atoms with Crippen LogP contribution in [0.4, 0.5) is 11.4 Å². The number of rotatable bonds is 7. The first kappa shape index (κ1) is 25.5. The van der Waals surface area contributed by atoms with Gasteiger partial charge in [-0.05, 0) is 98.4 Å². The van der Waals surface area contributed by atoms with Crippen molar-refractivity contribution in [1.29, 1.82) is 0 Å². The van der Waals surface area contributed by atoms with Crippen LogP contribution in [0.2, 0.25) is 0 Å². The normalized spacial score (nSPS) is 16.8. The average molecular weight is 526 g/mol. The molecule has 8 heteroatoms. The number of hydrogen-bond donors (Lipinski definition) is 2. The highest BCUT2D eigenvalue weighted by atomic mass is 32.1. The maximum atomic E-state index is 12.0. The Morgan fingerprint density at radius 2 is 1.82 bits per heavy atom. The number of pyridine rings is 1. The molecule has 5 rings (SSSR count). The molecule has 0 spiro atoms. The third-order valence-corrected chi connectivity index (χ3v) is 7.24. The number of aryl methyl sites for hydroxylation is 2. The number of carbonyl (C=O) groups excluding carboxylic acids is 1. The first-order valence-electron chi connectivity index (χ1n) is 12.6. The Bertz CT molecular complexity index is 1470. The molecule has 0 bridgehead atoms. The summed E-state index contributed by atoms with van der Waals surface area (Å²) in [6.45, 7) is 5.94. The van der Waals surface area contributed by atoms with Crippen LogP contribution in [-0.4, -0.2) is 27.7 Å². The van der Waals surface area contributed by atoms with Gasteiger partial charge in [0.25, 0.3) is 0 Å². The number of carbonyl (C=O) groups is 1. The second kappa shape index (κ2) is 10.7. The van der Waals surface area contributed by atoms with Crippen LogP contribution in [0.5, 0.6) is 5.75 Å². The molecule has 1 saturated heterocycles. The zero-order valence-electron chi connectivity index (χ0n) is 21.9. The molecule has 2 atom stereocenters. The van der Waals surface area contributed by atoms with Crippen LogP contribution in [0.25, 0.3) is 5.69 Å². The third kappa shape index (κ3) is 4.75. The van der Waals surface area contributed by atoms with E-state index in [1.165, 1.54) is 0 Å². The zero-order chi connectivity index (χ0) is 26.8. The second-order valence-corrected chi connectivity index (χ2v) is 9.72. The van der Waals surface area contributed by atoms with Gasteiger partial charge in [0.05, 0.1) is 18.8 Å². The summed E-state index contributed by atoms with van der Waals surface area (Å²) >= 11 is 5.93. The zero-order valence-corrected chi connectivity index (χ0v) is 22.8. The van der Waals surface area contributed by atoms with Gasteiger partial charge in [-0.3, -0.25) is 9.78 Å². The van der Waals surface area contributed by atoms with E-state index in [0.29, 0.717) is 11.5 Å². The number of nitrogens with one attached hydrogen (secondary N) is 2. The smallest absolute Gasteiger partial charge is 0.224 e. The maximum Gasteiger partial charge on any atom is 0.224 e. The van der Waals surface area contributed by atoms with Gasteiger partial charge in [-0.1, -0.05) is 13.0 Å². The van der Waals surface area contributed by atoms with E-state index in [-0.39, 0.29) is 18.0 Å². The predicted octanol–water partition coefficient (Wildman–Crippen LogP) is 6.02. The van der Waals surface area contributed by atoms with Gasteiger partial charge < -0.3 is 24.8 Å². The molecule has 3 heterocycles. The molecule has 0 saturated carbocycles. The third-order valence-electron chi connectivity index (χ3n) is 6.92. The van der Waals surface area contributed by atoms with Crippen molar-refractivity contribution in [3.8, 4) is 11.4 Å². The van der Waals surface area contributed by atoms with Gasteiger partial charge in [0, 0.05) is 41.1 Å². The van der Waals surface area contributed by atoms with E-state index in [0.717, 1.165) is 45.5 Å². The fraction of sp³-hybridized carbons (Fsp3) is 0.233. The monoisotopic (exact) mass is 525 g/mol. The maximum absolute atomic E-state index is 12.0. The summed E-state index contributed by atoms with van der Waals surface area (Å²) in [6.07, 6.45) is 2.24. The molecule has 0 unspecified atom stereocenters. The average Bonchev–Trinajstić information content (AvgIpc) is 3.49. The van der Waals surface area contributed by atoms with Gasteiger partial charge in [0.1, 0.15) is 11.8 Å². The number of methoxy groups -OCH3 is 1. The summed E-state index contributed by atoms with van der Waals surface area (Å²) in [5.74, 6) is 0.794. The molecular formula is C30H31N5O2S. The molecule has 0 radical (unpaired) electrons. The summed E-state index contributed by atoms with van der Waals surface area (Å²) in [4.78, 5) is 18.8. The van der Waals surface area contributed by atoms with E-state index in [1.807, 2.05) is 62.5 Å². The number of thiocarbonyl (C=S) groups is 1. The molecule has 38 heavy (non-hydrogen) atoms. The van der Waals surface area contributed by atoms with E-state index >= 15 is 0 Å². The highest BCUT2D eigenvalue weighted by Gasteiger charge is 2.42. The van der Waals surface area contributed by atoms with Gasteiger partial charge in [0.2, 0.25) is 5.91 Å². The molecule has 2 aromatic heterocycles. The van der Waals surface area contributed by atoms with Crippen molar-refractivity contribution >= 4 is 34.6 Å². The molecular weight excluding hydrogens is 494 g/mol. The fourth-order valence-corrected chi connectivity index (χ4v) is 5.33. The largest absolute Gasteiger partial charge is 0.497 e. The molecule has 2 aromatic carbocycles. The fourth-order valence-electron chi connectivity index (χ4n) is 4.98. The Hall–Kier alpha value is -4.17. The quantitative estimate of drug-likeness (QED) is 0.288. The molecule has 194 valence electrons. The lowest BCUT2D eigenvalue weighted by molar-refractivity contribution is -0.115. The number of ether oxygens (including phenoxy) is 1. The molecule has 0 aliphatic carbocycles. The van der Waals surface area contributed by atoms with Gasteiger partial charge in [0.15, 0.2) is 5.11 Å². The minimum atomic E-state index is -0.177. The standard InChI is InChI=1S/C30H31N5O2S/c1-5-27(36)32-24-15-12-22(18-19(24)2)35-29(28(33-30(35)38)25-8-6-7-17-31-25)26-16-9-20(3)34(26)21-10-13-23(37-4)14-11-21/h6-18,28-29H,5H2,1-4H3,(H,32,36)(H,33,38)/t28-,29+/m1/s1. The number of hydrogen-bond acceptors (Lipinski definition) is 4. The molecule has 7 nitrogen and oxygen atoms in total. The molecule has 1 amide bonds. The summed E-state index contributed by atoms with van der Waals surface area (Å²) < 4.78 is 7.64. The topological polar surface area (TPSA) is 71.4 Å². The Morgan fingerprint density at radius 3 is 2.47 bits per heavy atom. The van der Waals surface area contributed by atoms with Crippen LogP contribution < -0.4 is 20.3 Å². The van der Waals surface area contributed by atoms with E-state index < -0.39 is 0 Å². The number of nitrogens with zero attached hydrogens (tertiary/aromatic N) is 3. The van der Waals surface area contributed by atoms with Crippen LogP contribution in [0.3, 0.4) is 0 Å². The molecule has 2 N–H and O–H groups in total. The Morgan fingerprint density at radius 1 is 1.05 bits per heavy atom. The van der Waals surface area contributed by atoms with Crippen molar-refractivity contribution in [2.75, 3.05) is 17.3 Å². The van der Waals surface area contributed by atoms with Gasteiger partial charge in [-0.25, -0.2) is 0 Å². The highest BCUT2D eigenvalue weighted by Crippen LogP contribution is 2.43. The Labute approximate surface area is 228 Å². The van der Waals surface area contributed by atoms with Crippen molar-refractivity contribution in [2.45, 2.75) is 39.3 Å². The lowest BCUT2D eigenvalue weighted by Crippen LogP contribution is -2.30. The SMILES string of the molecule is CCC(=O)Nc1ccc(N2C(=S)N[C@H](c3ccccn3)[C@@H]2c2ccc(C)n2-c2ccc(OC)cc2)cc1C. The van der Waals surface area contributed by atoms with E-state index in [2.05, 4.69) is 62.3 Å². The van der Waals surface area contributed by atoms with Crippen LogP contribution in [0.15, 0.2) is 79.0 Å². The number of anilines is 2. The van der Waals surface area contributed by atoms with Crippen molar-refractivity contribution < 1.29 is 9.53 Å². The first-order chi connectivity index (χ1) is 18.4. The minimum absolute atomic E-state index is 0.0138. The van der Waals surface area contributed by atoms with Crippen LogP contribution in [0, 0.1) is 13.8 Å². The summed E-state index contributed by atoms with van der Waals surface area (Å²) in [7, 11) is 1.67. The first-order valence-corrected chi connectivity index (χ1v) is 13.1. The molecule has 1 fully saturated rings. The molecule has 1 aliphatic heterocycles. The lowest BCUT2D eigenvalue weighted by atomic mass is 10.00. The second-order valence-electron chi connectivity index (χ2n) is 9.33. The van der Waals surface area contributed by atoms with Crippen LogP contribution in [-0.2, 0) is 4.79 Å². The highest BCUT2D eigenvalue weighted by molar-refractivity contribution is 7.80. The van der Waals surface area contributed by atoms with Crippen molar-refractivity contribution in [3.05, 3.63) is 102 Å². The number of aromatic nitrogens is 2. The minimum Gasteiger partial charge on any atom is -0.497 e. The van der Waals surface area contributed by atoms with Crippen molar-refractivity contribution in [3.63, 3.8) is 0 Å². The van der Waals surface area contributed by atoms with E-state index in [1.54, 1.807) is 7.11 Å². The Balaban J connectivity index is 1.63. The lowest BCUT2D eigenvalue weighted by Gasteiger charge is -2.30. The number of benzene rings is 2. The van der Waals surface area contributed by atoms with Gasteiger partial charge in [-0.15, -0.1) is 0 Å². The van der Waals surface area contributed by atoms with Crippen molar-refractivity contribution in [2.24, 2.45) is 0 Å². The van der Waals surface area contributed by atoms with Crippen molar-refractivity contribution in [1.82, 2.24) is 14.9 Å². The van der Waals surface area contributed by atoms with Gasteiger partial charge >= 0.3 is 0 Å². The Kier molecular flexibility index (Phi) is 7.15. The summed E-state index contributed by atoms with van der Waals surface area (Å²) in [5.41, 5.74) is 6.84. The van der Waals surface area contributed by atoms with Gasteiger partial charge in [-0.2, -0.15) is 0 Å². The summed E-state index contributed by atoms with van der Waals surface area (Å²) in [5, 5.41) is 7.14. The molecule has 1 aliphatic rings. The molecule has 4 aromatic rings.